The molecule has 0 saturated carbocycles. The van der Waals surface area contributed by atoms with Gasteiger partial charge >= 0.3 is 0 Å². The van der Waals surface area contributed by atoms with Gasteiger partial charge in [-0.25, -0.2) is 0 Å². The minimum atomic E-state index is 0.0810. The van der Waals surface area contributed by atoms with Crippen LogP contribution in [-0.2, 0) is 9.53 Å². The van der Waals surface area contributed by atoms with Gasteiger partial charge in [-0.3, -0.25) is 4.79 Å². The van der Waals surface area contributed by atoms with Crippen LogP contribution < -0.4 is 15.5 Å². The molecule has 3 atom stereocenters. The fraction of sp³-hybridized carbons (Fsp3) is 0.609. The van der Waals surface area contributed by atoms with Gasteiger partial charge in [0.1, 0.15) is 0 Å². The van der Waals surface area contributed by atoms with Crippen molar-refractivity contribution in [3.63, 3.8) is 0 Å². The van der Waals surface area contributed by atoms with Gasteiger partial charge in [0.2, 0.25) is 0 Å². The van der Waals surface area contributed by atoms with Gasteiger partial charge in [-0.1, -0.05) is 0 Å². The minimum Gasteiger partial charge on any atom is -0.383 e. The van der Waals surface area contributed by atoms with Gasteiger partial charge in [-0.15, -0.1) is 0 Å². The average molecular weight is 397 g/mol. The van der Waals surface area contributed by atoms with E-state index in [1.54, 1.807) is 0 Å². The van der Waals surface area contributed by atoms with Gasteiger partial charge in [0.05, 0.1) is 30.2 Å². The zero-order valence-electron chi connectivity index (χ0n) is 17.7. The number of rotatable bonds is 3. The van der Waals surface area contributed by atoms with E-state index in [0.717, 1.165) is 34.8 Å². The number of anilines is 2. The van der Waals surface area contributed by atoms with Crippen LogP contribution in [0.1, 0.15) is 45.1 Å². The highest BCUT2D eigenvalue weighted by molar-refractivity contribution is 6.33. The molecule has 0 spiro atoms. The van der Waals surface area contributed by atoms with Gasteiger partial charge in [0, 0.05) is 42.0 Å². The molecule has 156 valence electrons. The number of nitrogens with one attached hydrogen (secondary N) is 2. The van der Waals surface area contributed by atoms with E-state index in [1.165, 1.54) is 25.7 Å². The van der Waals surface area contributed by atoms with Gasteiger partial charge in [-0.05, 0) is 64.8 Å². The SMILES string of the molecule is CC(C)N1C(=O)/C(=C2/COCCN2)c2cc(NC3CC4CC[C@H](C3)N4C)ccc21. The van der Waals surface area contributed by atoms with Crippen LogP contribution in [0.2, 0.25) is 0 Å². The van der Waals surface area contributed by atoms with E-state index in [4.69, 9.17) is 4.74 Å². The third-order valence-corrected chi connectivity index (χ3v) is 7.08. The highest BCUT2D eigenvalue weighted by Gasteiger charge is 2.39. The van der Waals surface area contributed by atoms with Crippen molar-refractivity contribution in [3.05, 3.63) is 29.5 Å². The zero-order valence-corrected chi connectivity index (χ0v) is 17.7. The summed E-state index contributed by atoms with van der Waals surface area (Å²) in [7, 11) is 2.28. The van der Waals surface area contributed by atoms with Crippen LogP contribution in [0.3, 0.4) is 0 Å². The Hall–Kier alpha value is -2.05. The molecule has 3 fully saturated rings. The second-order valence-electron chi connectivity index (χ2n) is 9.20. The van der Waals surface area contributed by atoms with Crippen LogP contribution in [-0.4, -0.2) is 61.8 Å². The topological polar surface area (TPSA) is 56.8 Å². The van der Waals surface area contributed by atoms with E-state index >= 15 is 0 Å². The molecule has 1 aromatic rings. The maximum absolute atomic E-state index is 13.3. The number of piperidine rings is 1. The monoisotopic (exact) mass is 396 g/mol. The van der Waals surface area contributed by atoms with Crippen molar-refractivity contribution in [2.45, 2.75) is 63.7 Å². The summed E-state index contributed by atoms with van der Waals surface area (Å²) in [6.07, 6.45) is 5.04. The smallest absolute Gasteiger partial charge is 0.261 e. The van der Waals surface area contributed by atoms with E-state index in [1.807, 2.05) is 4.90 Å². The van der Waals surface area contributed by atoms with Gasteiger partial charge < -0.3 is 25.2 Å². The van der Waals surface area contributed by atoms with Crippen LogP contribution in [0, 0.1) is 0 Å². The van der Waals surface area contributed by atoms with Gasteiger partial charge in [-0.2, -0.15) is 0 Å². The molecule has 6 nitrogen and oxygen atoms in total. The lowest BCUT2D eigenvalue weighted by Crippen LogP contribution is -2.44. The maximum Gasteiger partial charge on any atom is 0.261 e. The van der Waals surface area contributed by atoms with E-state index < -0.39 is 0 Å². The number of hydrogen-bond acceptors (Lipinski definition) is 5. The van der Waals surface area contributed by atoms with Crippen LogP contribution in [0.15, 0.2) is 23.9 Å². The summed E-state index contributed by atoms with van der Waals surface area (Å²) in [5.74, 6) is 0.0810. The average Bonchev–Trinajstić information content (AvgIpc) is 3.09. The molecule has 4 heterocycles. The summed E-state index contributed by atoms with van der Waals surface area (Å²) in [6, 6.07) is 8.46. The molecule has 4 aliphatic rings. The molecule has 29 heavy (non-hydrogen) atoms. The number of carbonyl (C=O) groups excluding carboxylic acids is 1. The Morgan fingerprint density at radius 3 is 2.62 bits per heavy atom. The standard InChI is InChI=1S/C23H32N4O2/c1-14(2)27-21-7-4-15(25-16-10-17-5-6-18(11-16)26(17)3)12-19(21)22(23(27)28)20-13-29-9-8-24-20/h4,7,12,14,16-18,24-25H,5-6,8-11,13H2,1-3H3/b22-20-/t16?,17-,18?/m1/s1. The Labute approximate surface area is 173 Å². The maximum atomic E-state index is 13.3. The van der Waals surface area contributed by atoms with E-state index in [2.05, 4.69) is 54.6 Å². The predicted molar refractivity (Wildman–Crippen MR) is 116 cm³/mol. The Kier molecular flexibility index (Phi) is 4.79. The van der Waals surface area contributed by atoms with Crippen molar-refractivity contribution in [1.82, 2.24) is 10.2 Å². The molecular weight excluding hydrogens is 364 g/mol. The lowest BCUT2D eigenvalue weighted by Gasteiger charge is -2.37. The summed E-state index contributed by atoms with van der Waals surface area (Å²) in [5.41, 5.74) is 4.85. The lowest BCUT2D eigenvalue weighted by molar-refractivity contribution is -0.113. The van der Waals surface area contributed by atoms with Crippen LogP contribution in [0.25, 0.3) is 5.57 Å². The fourth-order valence-corrected chi connectivity index (χ4v) is 5.61. The highest BCUT2D eigenvalue weighted by Crippen LogP contribution is 2.42. The van der Waals surface area contributed by atoms with Crippen molar-refractivity contribution in [2.24, 2.45) is 0 Å². The first kappa shape index (κ1) is 18.9. The molecule has 6 heteroatoms. The Balaban J connectivity index is 1.46. The number of morpholine rings is 1. The lowest BCUT2D eigenvalue weighted by atomic mass is 9.97. The molecule has 0 aromatic heterocycles. The summed E-state index contributed by atoms with van der Waals surface area (Å²) in [4.78, 5) is 17.8. The predicted octanol–water partition coefficient (Wildman–Crippen LogP) is 2.81. The summed E-state index contributed by atoms with van der Waals surface area (Å²) < 4.78 is 5.63. The largest absolute Gasteiger partial charge is 0.383 e. The molecule has 3 saturated heterocycles. The molecular formula is C23H32N4O2. The van der Waals surface area contributed by atoms with Crippen molar-refractivity contribution in [2.75, 3.05) is 37.0 Å². The van der Waals surface area contributed by atoms with Crippen LogP contribution in [0.5, 0.6) is 0 Å². The molecule has 2 N–H and O–H groups in total. The molecule has 1 amide bonds. The second-order valence-corrected chi connectivity index (χ2v) is 9.20. The molecule has 0 radical (unpaired) electrons. The van der Waals surface area contributed by atoms with Crippen LogP contribution >= 0.6 is 0 Å². The first-order chi connectivity index (χ1) is 14.0. The molecule has 4 aliphatic heterocycles. The summed E-state index contributed by atoms with van der Waals surface area (Å²) >= 11 is 0. The minimum absolute atomic E-state index is 0.0810. The number of amides is 1. The Bertz CT molecular complexity index is 827. The number of carbonyl (C=O) groups is 1. The third-order valence-electron chi connectivity index (χ3n) is 7.08. The summed E-state index contributed by atoms with van der Waals surface area (Å²) in [5, 5.41) is 7.18. The number of benzene rings is 1. The summed E-state index contributed by atoms with van der Waals surface area (Å²) in [6.45, 7) is 6.05. The molecule has 2 unspecified atom stereocenters. The number of fused-ring (bicyclic) bond motifs is 3. The van der Waals surface area contributed by atoms with Crippen LogP contribution in [0.4, 0.5) is 11.4 Å². The van der Waals surface area contributed by atoms with Gasteiger partial charge in [0.15, 0.2) is 0 Å². The molecule has 1 aromatic carbocycles. The van der Waals surface area contributed by atoms with E-state index in [0.29, 0.717) is 31.3 Å². The van der Waals surface area contributed by atoms with E-state index in [-0.39, 0.29) is 11.9 Å². The first-order valence-electron chi connectivity index (χ1n) is 11.0. The van der Waals surface area contributed by atoms with Crippen molar-refractivity contribution in [3.8, 4) is 0 Å². The number of nitrogens with zero attached hydrogens (tertiary/aromatic N) is 2. The Morgan fingerprint density at radius 2 is 1.97 bits per heavy atom. The Morgan fingerprint density at radius 1 is 1.21 bits per heavy atom. The van der Waals surface area contributed by atoms with Crippen molar-refractivity contribution < 1.29 is 9.53 Å². The normalized spacial score (nSPS) is 31.9. The number of hydrogen-bond donors (Lipinski definition) is 2. The van der Waals surface area contributed by atoms with Crippen molar-refractivity contribution in [1.29, 1.82) is 0 Å². The number of ether oxygens (including phenoxy) is 1. The highest BCUT2D eigenvalue weighted by atomic mass is 16.5. The molecule has 5 rings (SSSR count). The molecule has 2 bridgehead atoms. The fourth-order valence-electron chi connectivity index (χ4n) is 5.61. The van der Waals surface area contributed by atoms with Gasteiger partial charge in [0.25, 0.3) is 5.91 Å². The quantitative estimate of drug-likeness (QED) is 0.770. The molecule has 0 aliphatic carbocycles. The second kappa shape index (κ2) is 7.33. The van der Waals surface area contributed by atoms with Crippen molar-refractivity contribution >= 4 is 22.9 Å². The van der Waals surface area contributed by atoms with E-state index in [9.17, 15) is 4.79 Å². The first-order valence-corrected chi connectivity index (χ1v) is 11.0. The zero-order chi connectivity index (χ0) is 20.1. The third kappa shape index (κ3) is 3.22.